The van der Waals surface area contributed by atoms with Gasteiger partial charge in [-0.1, -0.05) is 242 Å². The van der Waals surface area contributed by atoms with Crippen molar-refractivity contribution in [2.45, 2.75) is 270 Å². The quantitative estimate of drug-likeness (QED) is 0.0203. The third-order valence-corrected chi connectivity index (χ3v) is 17.2. The van der Waals surface area contributed by atoms with Gasteiger partial charge < -0.3 is 9.16 Å². The highest BCUT2D eigenvalue weighted by Crippen LogP contribution is 2.39. The molecule has 0 N–H and O–H groups in total. The molecule has 53 heavy (non-hydrogen) atoms. The summed E-state index contributed by atoms with van der Waals surface area (Å²) in [5, 5.41) is 1.25. The van der Waals surface area contributed by atoms with Crippen LogP contribution in [-0.4, -0.2) is 32.8 Å². The zero-order valence-electron chi connectivity index (χ0n) is 37.2. The molecule has 0 unspecified atom stereocenters. The zero-order chi connectivity index (χ0) is 39.3. The van der Waals surface area contributed by atoms with Gasteiger partial charge in [0, 0.05) is 5.33 Å². The van der Waals surface area contributed by atoms with E-state index in [1.165, 1.54) is 193 Å². The Balaban J connectivity index is 4.29. The lowest BCUT2D eigenvalue weighted by molar-refractivity contribution is -0.149. The average Bonchev–Trinajstić information content (AvgIpc) is 3.12. The summed E-state index contributed by atoms with van der Waals surface area (Å²) in [6, 6.07) is 0. The maximum absolute atomic E-state index is 13.2. The molecule has 0 amide bonds. The number of esters is 1. The van der Waals surface area contributed by atoms with Gasteiger partial charge in [0.25, 0.3) is 0 Å². The molecule has 0 aliphatic carbocycles. The minimum Gasteiger partial charge on any atom is -0.469 e. The Kier molecular flexibility index (Phi) is 37.4. The van der Waals surface area contributed by atoms with Crippen LogP contribution in [0, 0.1) is 5.92 Å². The number of carbonyl (C=O) groups excluding carboxylic acids is 1. The average molecular weight is 828 g/mol. The van der Waals surface area contributed by atoms with Gasteiger partial charge in [-0.2, -0.15) is 0 Å². The fraction of sp³-hybridized carbons (Fsp3) is 0.938. The number of hydrogen-bond acceptors (Lipinski definition) is 3. The smallest absolute Gasteiger partial charge is 0.311 e. The number of methoxy groups -OCH3 is 1. The van der Waals surface area contributed by atoms with Crippen LogP contribution in [-0.2, 0) is 14.0 Å². The Bertz CT molecular complexity index is 807. The first kappa shape index (κ1) is 52.9. The molecule has 0 heterocycles. The monoisotopic (exact) mass is 827 g/mol. The Hall–Kier alpha value is -0.133. The van der Waals surface area contributed by atoms with Crippen LogP contribution < -0.4 is 0 Å². The minimum absolute atomic E-state index is 0.0854. The lowest BCUT2D eigenvalue weighted by Crippen LogP contribution is -2.47. The summed E-state index contributed by atoms with van der Waals surface area (Å²) in [5.41, 5.74) is 0. The van der Waals surface area contributed by atoms with Crippen LogP contribution in [0.3, 0.4) is 0 Å². The molecule has 0 bridgehead atoms. The Labute approximate surface area is 343 Å². The van der Waals surface area contributed by atoms with Gasteiger partial charge in [-0.15, -0.1) is 0 Å². The van der Waals surface area contributed by atoms with E-state index in [0.717, 1.165) is 31.0 Å². The molecule has 0 aromatic rings. The van der Waals surface area contributed by atoms with Gasteiger partial charge in [-0.05, 0) is 50.2 Å². The van der Waals surface area contributed by atoms with Crippen molar-refractivity contribution in [3.63, 3.8) is 0 Å². The molecule has 0 aromatic carbocycles. The zero-order valence-corrected chi connectivity index (χ0v) is 39.7. The fourth-order valence-corrected chi connectivity index (χ4v) is 9.14. The summed E-state index contributed by atoms with van der Waals surface area (Å²) >= 11 is 3.53. The largest absolute Gasteiger partial charge is 0.469 e. The first-order valence-corrected chi connectivity index (χ1v) is 27.6. The molecule has 0 fully saturated rings. The van der Waals surface area contributed by atoms with E-state index >= 15 is 0 Å². The van der Waals surface area contributed by atoms with Gasteiger partial charge >= 0.3 is 5.97 Å². The van der Waals surface area contributed by atoms with E-state index < -0.39 is 8.32 Å². The Morgan fingerprint density at radius 2 is 0.925 bits per heavy atom. The van der Waals surface area contributed by atoms with Crippen molar-refractivity contribution in [2.75, 3.05) is 12.4 Å². The second-order valence-electron chi connectivity index (χ2n) is 18.1. The van der Waals surface area contributed by atoms with Gasteiger partial charge in [0.2, 0.25) is 0 Å². The fourth-order valence-electron chi connectivity index (χ4n) is 7.37. The number of carbonyl (C=O) groups is 1. The molecule has 0 saturated carbocycles. The molecule has 5 heteroatoms. The number of alkyl halides is 1. The molecule has 0 rings (SSSR count). The lowest BCUT2D eigenvalue weighted by atomic mass is 9.92. The molecule has 316 valence electrons. The van der Waals surface area contributed by atoms with Crippen molar-refractivity contribution in [3.05, 3.63) is 12.2 Å². The third kappa shape index (κ3) is 32.6. The molecule has 0 aliphatic heterocycles. The van der Waals surface area contributed by atoms with E-state index in [0.29, 0.717) is 0 Å². The van der Waals surface area contributed by atoms with Crippen molar-refractivity contribution in [1.82, 2.24) is 0 Å². The standard InChI is InChI=1S/C48H95BrO3Si/c1-8-9-10-11-12-13-14-15-16-17-18-19-20-21-22-23-24-27-30-33-36-39-42-45(47(50)51-5)46(52-53(6,7)48(2,3)4)43-40-37-34-31-28-25-26-29-32-35-38-41-44-49/h37,40,45-46H,8-36,38-39,41-44H2,1-7H3/b40-37+/t45-,46-/m1/s1. The molecule has 0 radical (unpaired) electrons. The van der Waals surface area contributed by atoms with Crippen molar-refractivity contribution in [2.24, 2.45) is 5.92 Å². The highest BCUT2D eigenvalue weighted by atomic mass is 79.9. The summed E-state index contributed by atoms with van der Waals surface area (Å²) in [6.45, 7) is 13.8. The first-order chi connectivity index (χ1) is 25.6. The van der Waals surface area contributed by atoms with Crippen molar-refractivity contribution in [3.8, 4) is 0 Å². The van der Waals surface area contributed by atoms with Gasteiger partial charge in [-0.25, -0.2) is 0 Å². The van der Waals surface area contributed by atoms with E-state index in [9.17, 15) is 4.79 Å². The van der Waals surface area contributed by atoms with Crippen LogP contribution in [0.5, 0.6) is 0 Å². The highest BCUT2D eigenvalue weighted by molar-refractivity contribution is 9.09. The Morgan fingerprint density at radius 3 is 1.28 bits per heavy atom. The van der Waals surface area contributed by atoms with Crippen molar-refractivity contribution >= 4 is 30.2 Å². The predicted molar refractivity (Wildman–Crippen MR) is 243 cm³/mol. The van der Waals surface area contributed by atoms with Gasteiger partial charge in [0.05, 0.1) is 19.1 Å². The molecule has 0 spiro atoms. The predicted octanol–water partition coefficient (Wildman–Crippen LogP) is 17.4. The van der Waals surface area contributed by atoms with Crippen molar-refractivity contribution < 1.29 is 14.0 Å². The van der Waals surface area contributed by atoms with E-state index in [4.69, 9.17) is 9.16 Å². The molecule has 2 atom stereocenters. The van der Waals surface area contributed by atoms with Gasteiger partial charge in [0.15, 0.2) is 8.32 Å². The molecule has 0 saturated heterocycles. The molecule has 0 aromatic heterocycles. The number of unbranched alkanes of at least 4 members (excludes halogenated alkanes) is 30. The van der Waals surface area contributed by atoms with Crippen LogP contribution in [0.2, 0.25) is 18.1 Å². The van der Waals surface area contributed by atoms with E-state index in [1.807, 2.05) is 0 Å². The van der Waals surface area contributed by atoms with Crippen LogP contribution in [0.25, 0.3) is 0 Å². The maximum Gasteiger partial charge on any atom is 0.311 e. The number of ether oxygens (including phenoxy) is 1. The van der Waals surface area contributed by atoms with Crippen LogP contribution in [0.15, 0.2) is 12.2 Å². The van der Waals surface area contributed by atoms with E-state index in [2.05, 4.69) is 68.9 Å². The molecular weight excluding hydrogens is 733 g/mol. The Morgan fingerprint density at radius 1 is 0.566 bits per heavy atom. The maximum atomic E-state index is 13.2. The lowest BCUT2D eigenvalue weighted by Gasteiger charge is -2.41. The van der Waals surface area contributed by atoms with Crippen molar-refractivity contribution in [1.29, 1.82) is 0 Å². The number of halogens is 1. The van der Waals surface area contributed by atoms with Gasteiger partial charge in [-0.3, -0.25) is 4.79 Å². The molecular formula is C48H95BrO3Si. The molecule has 3 nitrogen and oxygen atoms in total. The van der Waals surface area contributed by atoms with Crippen LogP contribution in [0.4, 0.5) is 0 Å². The second kappa shape index (κ2) is 37.4. The normalized spacial score (nSPS) is 13.6. The third-order valence-electron chi connectivity index (χ3n) is 12.1. The highest BCUT2D eigenvalue weighted by Gasteiger charge is 2.42. The summed E-state index contributed by atoms with van der Waals surface area (Å²) in [7, 11) is -0.485. The number of allylic oxidation sites excluding steroid dienone is 1. The van der Waals surface area contributed by atoms with Gasteiger partial charge in [0.1, 0.15) is 0 Å². The van der Waals surface area contributed by atoms with E-state index in [-0.39, 0.29) is 23.0 Å². The summed E-state index contributed by atoms with van der Waals surface area (Å²) < 4.78 is 12.4. The summed E-state index contributed by atoms with van der Waals surface area (Å²) in [5.74, 6) is -0.267. The van der Waals surface area contributed by atoms with Crippen LogP contribution in [0.1, 0.15) is 246 Å². The summed E-state index contributed by atoms with van der Waals surface area (Å²) in [6.07, 6.45) is 50.2. The topological polar surface area (TPSA) is 35.5 Å². The SMILES string of the molecule is CCCCCCCCCCCCCCCCCCCCCCCC[C@@H](C(=O)OC)[C@@H](C/C=C/CCCCCCCCCCCBr)O[Si](C)(C)C(C)(C)C. The number of hydrogen-bond donors (Lipinski definition) is 0. The summed E-state index contributed by atoms with van der Waals surface area (Å²) in [4.78, 5) is 13.2. The van der Waals surface area contributed by atoms with E-state index in [1.54, 1.807) is 7.11 Å². The van der Waals surface area contributed by atoms with Crippen LogP contribution >= 0.6 is 15.9 Å². The first-order valence-electron chi connectivity index (χ1n) is 23.6. The molecule has 0 aliphatic rings. The minimum atomic E-state index is -2.04. The number of rotatable bonds is 40. The second-order valence-corrected chi connectivity index (χ2v) is 23.7.